The van der Waals surface area contributed by atoms with Crippen LogP contribution in [-0.4, -0.2) is 57.5 Å². The van der Waals surface area contributed by atoms with Crippen molar-refractivity contribution in [3.63, 3.8) is 0 Å². The van der Waals surface area contributed by atoms with Crippen molar-refractivity contribution in [2.24, 2.45) is 5.41 Å². The molecule has 6 nitrogen and oxygen atoms in total. The van der Waals surface area contributed by atoms with Crippen LogP contribution in [-0.2, 0) is 4.79 Å². The number of carbonyl (C=O) groups is 2. The minimum absolute atomic E-state index is 0.0836. The molecule has 1 aromatic heterocycles. The van der Waals surface area contributed by atoms with E-state index in [4.69, 9.17) is 0 Å². The number of aromatic nitrogens is 2. The zero-order valence-corrected chi connectivity index (χ0v) is 16.1. The number of hydrogen-bond donors (Lipinski definition) is 1. The van der Waals surface area contributed by atoms with Crippen LogP contribution in [0.3, 0.4) is 0 Å². The summed E-state index contributed by atoms with van der Waals surface area (Å²) in [5.41, 5.74) is 2.78. The van der Waals surface area contributed by atoms with Gasteiger partial charge in [0.2, 0.25) is 5.91 Å². The lowest BCUT2D eigenvalue weighted by molar-refractivity contribution is -0.139. The van der Waals surface area contributed by atoms with Gasteiger partial charge < -0.3 is 9.80 Å². The second kappa shape index (κ2) is 6.76. The monoisotopic (exact) mass is 378 g/mol. The highest BCUT2D eigenvalue weighted by Crippen LogP contribution is 2.42. The van der Waals surface area contributed by atoms with E-state index in [-0.39, 0.29) is 11.3 Å². The fraction of sp³-hybridized carbons (Fsp3) is 0.500. The molecule has 1 N–H and O–H groups in total. The van der Waals surface area contributed by atoms with Crippen LogP contribution in [0.4, 0.5) is 0 Å². The number of hydrogen-bond acceptors (Lipinski definition) is 3. The maximum absolute atomic E-state index is 13.1. The summed E-state index contributed by atoms with van der Waals surface area (Å²) in [6.07, 6.45) is 7.70. The zero-order valence-electron chi connectivity index (χ0n) is 16.1. The van der Waals surface area contributed by atoms with E-state index in [9.17, 15) is 9.59 Å². The van der Waals surface area contributed by atoms with E-state index >= 15 is 0 Å². The summed E-state index contributed by atoms with van der Waals surface area (Å²) in [6, 6.07) is 10.1. The lowest BCUT2D eigenvalue weighted by atomic mass is 9.73. The van der Waals surface area contributed by atoms with Gasteiger partial charge in [0.05, 0.1) is 5.69 Å². The van der Waals surface area contributed by atoms with Crippen LogP contribution in [0.15, 0.2) is 36.5 Å². The first kappa shape index (κ1) is 17.5. The van der Waals surface area contributed by atoms with Gasteiger partial charge in [-0.25, -0.2) is 0 Å². The Morgan fingerprint density at radius 1 is 1.11 bits per heavy atom. The van der Waals surface area contributed by atoms with Crippen LogP contribution in [0.5, 0.6) is 0 Å². The van der Waals surface area contributed by atoms with Crippen LogP contribution in [0.25, 0.3) is 11.3 Å². The van der Waals surface area contributed by atoms with E-state index in [1.807, 2.05) is 35.2 Å². The van der Waals surface area contributed by atoms with Gasteiger partial charge in [0, 0.05) is 49.3 Å². The van der Waals surface area contributed by atoms with Gasteiger partial charge >= 0.3 is 0 Å². The van der Waals surface area contributed by atoms with E-state index in [1.54, 1.807) is 6.20 Å². The Labute approximate surface area is 164 Å². The van der Waals surface area contributed by atoms with Gasteiger partial charge in [-0.1, -0.05) is 12.1 Å². The zero-order chi connectivity index (χ0) is 19.1. The fourth-order valence-electron chi connectivity index (χ4n) is 4.87. The summed E-state index contributed by atoms with van der Waals surface area (Å²) >= 11 is 0. The van der Waals surface area contributed by atoms with E-state index < -0.39 is 0 Å². The van der Waals surface area contributed by atoms with Gasteiger partial charge in [-0.2, -0.15) is 5.10 Å². The molecule has 2 aliphatic heterocycles. The number of rotatable bonds is 3. The molecule has 3 heterocycles. The largest absolute Gasteiger partial charge is 0.339 e. The van der Waals surface area contributed by atoms with Gasteiger partial charge in [-0.3, -0.25) is 14.7 Å². The number of carbonyl (C=O) groups excluding carboxylic acids is 2. The highest BCUT2D eigenvalue weighted by atomic mass is 16.2. The molecule has 2 aromatic rings. The Morgan fingerprint density at radius 2 is 1.93 bits per heavy atom. The predicted octanol–water partition coefficient (Wildman–Crippen LogP) is 3.08. The van der Waals surface area contributed by atoms with Crippen molar-refractivity contribution >= 4 is 11.8 Å². The Hall–Kier alpha value is -2.63. The molecule has 0 unspecified atom stereocenters. The molecule has 1 saturated carbocycles. The van der Waals surface area contributed by atoms with E-state index in [2.05, 4.69) is 15.1 Å². The molecule has 3 aliphatic rings. The summed E-state index contributed by atoms with van der Waals surface area (Å²) in [7, 11) is 0. The molecule has 3 fully saturated rings. The highest BCUT2D eigenvalue weighted by molar-refractivity contribution is 5.94. The third-order valence-electron chi connectivity index (χ3n) is 6.58. The van der Waals surface area contributed by atoms with Gasteiger partial charge in [-0.15, -0.1) is 0 Å². The maximum atomic E-state index is 13.1. The number of nitrogens with zero attached hydrogens (tertiary/aromatic N) is 3. The quantitative estimate of drug-likeness (QED) is 0.892. The minimum Gasteiger partial charge on any atom is -0.339 e. The Kier molecular flexibility index (Phi) is 4.22. The second-order valence-corrected chi connectivity index (χ2v) is 8.63. The molecule has 0 bridgehead atoms. The molecular weight excluding hydrogens is 352 g/mol. The fourth-order valence-corrected chi connectivity index (χ4v) is 4.87. The first-order valence-electron chi connectivity index (χ1n) is 10.3. The number of amides is 2. The molecule has 0 radical (unpaired) electrons. The van der Waals surface area contributed by atoms with Crippen LogP contribution >= 0.6 is 0 Å². The Morgan fingerprint density at radius 3 is 2.64 bits per heavy atom. The molecule has 1 spiro atoms. The molecule has 5 rings (SSSR count). The average Bonchev–Trinajstić information content (AvgIpc) is 3.43. The topological polar surface area (TPSA) is 69.3 Å². The second-order valence-electron chi connectivity index (χ2n) is 8.63. The molecule has 146 valence electrons. The molecule has 2 saturated heterocycles. The van der Waals surface area contributed by atoms with Crippen molar-refractivity contribution in [3.05, 3.63) is 42.1 Å². The Bertz CT molecular complexity index is 872. The molecule has 1 aromatic carbocycles. The molecule has 1 atom stereocenters. The van der Waals surface area contributed by atoms with Crippen molar-refractivity contribution < 1.29 is 9.59 Å². The van der Waals surface area contributed by atoms with Crippen molar-refractivity contribution in [3.8, 4) is 11.3 Å². The number of likely N-dealkylation sites (tertiary alicyclic amines) is 2. The average molecular weight is 378 g/mol. The predicted molar refractivity (Wildman–Crippen MR) is 106 cm³/mol. The van der Waals surface area contributed by atoms with Gasteiger partial charge in [0.15, 0.2) is 0 Å². The van der Waals surface area contributed by atoms with Crippen LogP contribution in [0.1, 0.15) is 48.9 Å². The van der Waals surface area contributed by atoms with E-state index in [0.29, 0.717) is 18.4 Å². The standard InChI is InChI=1S/C22H26N4O2/c27-20-8-11-22(15-26(20)18-6-7-18)10-1-13-25(14-22)21(28)17-4-2-16(3-5-17)19-9-12-23-24-19/h2-5,9,12,18H,1,6-8,10-11,13-15H2,(H,23,24)/t22-/m0/s1. The summed E-state index contributed by atoms with van der Waals surface area (Å²) in [5, 5.41) is 6.93. The highest BCUT2D eigenvalue weighted by Gasteiger charge is 2.46. The smallest absolute Gasteiger partial charge is 0.253 e. The van der Waals surface area contributed by atoms with Crippen LogP contribution in [0.2, 0.25) is 0 Å². The van der Waals surface area contributed by atoms with E-state index in [1.165, 1.54) is 0 Å². The first-order valence-corrected chi connectivity index (χ1v) is 10.3. The maximum Gasteiger partial charge on any atom is 0.253 e. The lowest BCUT2D eigenvalue weighted by Gasteiger charge is -2.48. The normalized spacial score (nSPS) is 25.4. The molecule has 6 heteroatoms. The summed E-state index contributed by atoms with van der Waals surface area (Å²) in [6.45, 7) is 2.41. The number of benzene rings is 1. The van der Waals surface area contributed by atoms with Crippen LogP contribution < -0.4 is 0 Å². The number of H-pyrrole nitrogens is 1. The molecular formula is C22H26N4O2. The van der Waals surface area contributed by atoms with Gasteiger partial charge in [0.25, 0.3) is 5.91 Å². The van der Waals surface area contributed by atoms with Crippen molar-refractivity contribution in [1.29, 1.82) is 0 Å². The Balaban J connectivity index is 1.30. The molecule has 2 amide bonds. The third kappa shape index (κ3) is 3.21. The van der Waals surface area contributed by atoms with Gasteiger partial charge in [-0.05, 0) is 55.9 Å². The van der Waals surface area contributed by atoms with Crippen molar-refractivity contribution in [1.82, 2.24) is 20.0 Å². The van der Waals surface area contributed by atoms with E-state index in [0.717, 1.165) is 68.6 Å². The lowest BCUT2D eigenvalue weighted by Crippen LogP contribution is -2.55. The van der Waals surface area contributed by atoms with Gasteiger partial charge in [0.1, 0.15) is 0 Å². The summed E-state index contributed by atoms with van der Waals surface area (Å²) in [5.74, 6) is 0.413. The van der Waals surface area contributed by atoms with Crippen LogP contribution in [0, 0.1) is 5.41 Å². The third-order valence-corrected chi connectivity index (χ3v) is 6.58. The van der Waals surface area contributed by atoms with Crippen molar-refractivity contribution in [2.45, 2.75) is 44.6 Å². The minimum atomic E-state index is 0.0836. The molecule has 1 aliphatic carbocycles. The SMILES string of the molecule is O=C(c1ccc(-c2ccn[nH]2)cc1)N1CCC[C@]2(CCC(=O)N(C3CC3)C2)C1. The number of aromatic amines is 1. The summed E-state index contributed by atoms with van der Waals surface area (Å²) in [4.78, 5) is 29.6. The molecule has 28 heavy (non-hydrogen) atoms. The summed E-state index contributed by atoms with van der Waals surface area (Å²) < 4.78 is 0. The number of nitrogens with one attached hydrogen (secondary N) is 1. The first-order chi connectivity index (χ1) is 13.6. The number of piperidine rings is 2. The van der Waals surface area contributed by atoms with Crippen molar-refractivity contribution in [2.75, 3.05) is 19.6 Å².